The lowest BCUT2D eigenvalue weighted by atomic mass is 10.2. The van der Waals surface area contributed by atoms with Gasteiger partial charge in [0.2, 0.25) is 0 Å². The van der Waals surface area contributed by atoms with E-state index in [4.69, 9.17) is 5.11 Å². The van der Waals surface area contributed by atoms with Crippen LogP contribution in [0.2, 0.25) is 0 Å². The van der Waals surface area contributed by atoms with Crippen LogP contribution < -0.4 is 5.32 Å². The Morgan fingerprint density at radius 2 is 1.88 bits per heavy atom. The molecule has 0 aliphatic heterocycles. The molecule has 0 saturated carbocycles. The number of benzene rings is 1. The van der Waals surface area contributed by atoms with E-state index in [9.17, 15) is 18.0 Å². The van der Waals surface area contributed by atoms with E-state index in [1.165, 1.54) is 6.08 Å². The van der Waals surface area contributed by atoms with E-state index >= 15 is 0 Å². The zero-order valence-corrected chi connectivity index (χ0v) is 8.01. The molecule has 86 valence electrons. The largest absolute Gasteiger partial charge is 0.478 e. The second-order valence-electron chi connectivity index (χ2n) is 2.87. The highest BCUT2D eigenvalue weighted by Crippen LogP contribution is 2.19. The summed E-state index contributed by atoms with van der Waals surface area (Å²) in [5, 5.41) is 10.5. The van der Waals surface area contributed by atoms with Gasteiger partial charge in [-0.1, -0.05) is 6.08 Å². The second-order valence-corrected chi connectivity index (χ2v) is 2.87. The van der Waals surface area contributed by atoms with Crippen molar-refractivity contribution in [1.82, 2.24) is 0 Å². The summed E-state index contributed by atoms with van der Waals surface area (Å²) in [6.45, 7) is -0.0776. The Hall–Kier alpha value is -1.98. The number of carbonyl (C=O) groups is 1. The molecule has 3 nitrogen and oxygen atoms in total. The highest BCUT2D eigenvalue weighted by atomic mass is 19.1. The molecule has 16 heavy (non-hydrogen) atoms. The van der Waals surface area contributed by atoms with Crippen LogP contribution in [0.15, 0.2) is 24.3 Å². The Morgan fingerprint density at radius 1 is 1.31 bits per heavy atom. The molecular formula is C10H8F3NO2. The van der Waals surface area contributed by atoms with Gasteiger partial charge in [0.15, 0.2) is 11.6 Å². The Balaban J connectivity index is 2.71. The maximum Gasteiger partial charge on any atom is 0.328 e. The molecule has 1 aromatic carbocycles. The summed E-state index contributed by atoms with van der Waals surface area (Å²) in [5.74, 6) is -4.31. The van der Waals surface area contributed by atoms with Crippen LogP contribution in [0.5, 0.6) is 0 Å². The monoisotopic (exact) mass is 231 g/mol. The molecule has 6 heteroatoms. The molecule has 0 amide bonds. The molecule has 1 rings (SSSR count). The minimum absolute atomic E-state index is 0.0776. The van der Waals surface area contributed by atoms with Crippen molar-refractivity contribution in [3.8, 4) is 0 Å². The lowest BCUT2D eigenvalue weighted by Gasteiger charge is -2.06. The smallest absolute Gasteiger partial charge is 0.328 e. The van der Waals surface area contributed by atoms with Gasteiger partial charge in [-0.3, -0.25) is 0 Å². The third-order valence-corrected chi connectivity index (χ3v) is 1.66. The van der Waals surface area contributed by atoms with E-state index in [0.29, 0.717) is 12.1 Å². The van der Waals surface area contributed by atoms with Crippen LogP contribution in [0.25, 0.3) is 0 Å². The molecule has 2 N–H and O–H groups in total. The summed E-state index contributed by atoms with van der Waals surface area (Å²) in [7, 11) is 0. The van der Waals surface area contributed by atoms with Gasteiger partial charge in [0, 0.05) is 24.8 Å². The number of hydrogen-bond donors (Lipinski definition) is 2. The lowest BCUT2D eigenvalue weighted by Crippen LogP contribution is -2.04. The van der Waals surface area contributed by atoms with Crippen LogP contribution in [-0.2, 0) is 4.79 Å². The Bertz CT molecular complexity index is 409. The van der Waals surface area contributed by atoms with Crippen LogP contribution in [0.4, 0.5) is 18.9 Å². The highest BCUT2D eigenvalue weighted by molar-refractivity contribution is 5.79. The molecule has 0 bridgehead atoms. The molecule has 0 spiro atoms. The molecule has 0 aromatic heterocycles. The van der Waals surface area contributed by atoms with Gasteiger partial charge in [0.05, 0.1) is 0 Å². The molecule has 0 fully saturated rings. The molecule has 0 unspecified atom stereocenters. The number of aliphatic carboxylic acids is 1. The topological polar surface area (TPSA) is 49.3 Å². The number of carboxylic acids is 1. The van der Waals surface area contributed by atoms with Crippen LogP contribution >= 0.6 is 0 Å². The van der Waals surface area contributed by atoms with Gasteiger partial charge in [0.25, 0.3) is 0 Å². The standard InChI is InChI=1S/C10H8F3NO2/c11-6-4-7(12)10(8(13)5-6)14-3-1-2-9(15)16/h1-2,4-5,14H,3H2,(H,15,16)/b2-1+. The number of halogens is 3. The van der Waals surface area contributed by atoms with Crippen molar-refractivity contribution < 1.29 is 23.1 Å². The van der Waals surface area contributed by atoms with Gasteiger partial charge in [-0.2, -0.15) is 0 Å². The number of carboxylic acid groups (broad SMARTS) is 1. The zero-order valence-electron chi connectivity index (χ0n) is 8.01. The van der Waals surface area contributed by atoms with Crippen molar-refractivity contribution >= 4 is 11.7 Å². The fourth-order valence-corrected chi connectivity index (χ4v) is 1.03. The first-order valence-corrected chi connectivity index (χ1v) is 4.28. The quantitative estimate of drug-likeness (QED) is 0.780. The van der Waals surface area contributed by atoms with Crippen molar-refractivity contribution in [3.05, 3.63) is 41.7 Å². The lowest BCUT2D eigenvalue weighted by molar-refractivity contribution is -0.131. The molecule has 0 saturated heterocycles. The number of rotatable bonds is 4. The van der Waals surface area contributed by atoms with E-state index in [1.807, 2.05) is 0 Å². The normalized spacial score (nSPS) is 10.7. The van der Waals surface area contributed by atoms with E-state index < -0.39 is 29.1 Å². The van der Waals surface area contributed by atoms with Gasteiger partial charge < -0.3 is 10.4 Å². The first-order chi connectivity index (χ1) is 7.50. The number of nitrogens with one attached hydrogen (secondary N) is 1. The van der Waals surface area contributed by atoms with Crippen molar-refractivity contribution in [2.24, 2.45) is 0 Å². The zero-order chi connectivity index (χ0) is 12.1. The second kappa shape index (κ2) is 5.20. The molecule has 0 aliphatic carbocycles. The van der Waals surface area contributed by atoms with E-state index in [1.54, 1.807) is 0 Å². The Kier molecular flexibility index (Phi) is 3.93. The molecule has 0 atom stereocenters. The van der Waals surface area contributed by atoms with E-state index in [-0.39, 0.29) is 6.54 Å². The highest BCUT2D eigenvalue weighted by Gasteiger charge is 2.09. The molecule has 0 radical (unpaired) electrons. The molecule has 0 aliphatic rings. The third-order valence-electron chi connectivity index (χ3n) is 1.66. The predicted molar refractivity (Wildman–Crippen MR) is 51.6 cm³/mol. The molecular weight excluding hydrogens is 223 g/mol. The number of hydrogen-bond acceptors (Lipinski definition) is 2. The van der Waals surface area contributed by atoms with Gasteiger partial charge in [-0.25, -0.2) is 18.0 Å². The summed E-state index contributed by atoms with van der Waals surface area (Å²) >= 11 is 0. The maximum atomic E-state index is 13.0. The summed E-state index contributed by atoms with van der Waals surface area (Å²) in [6.07, 6.45) is 2.00. The van der Waals surface area contributed by atoms with Gasteiger partial charge >= 0.3 is 5.97 Å². The Labute approximate surface area is 89.2 Å². The summed E-state index contributed by atoms with van der Waals surface area (Å²) in [6, 6.07) is 1.07. The first kappa shape index (κ1) is 12.1. The van der Waals surface area contributed by atoms with E-state index in [2.05, 4.69) is 5.32 Å². The van der Waals surface area contributed by atoms with Crippen LogP contribution in [0.1, 0.15) is 0 Å². The fourth-order valence-electron chi connectivity index (χ4n) is 1.03. The average Bonchev–Trinajstić information content (AvgIpc) is 2.14. The van der Waals surface area contributed by atoms with Crippen molar-refractivity contribution in [2.75, 3.05) is 11.9 Å². The SMILES string of the molecule is O=C(O)/C=C/CNc1c(F)cc(F)cc1F. The van der Waals surface area contributed by atoms with Crippen molar-refractivity contribution in [1.29, 1.82) is 0 Å². The minimum Gasteiger partial charge on any atom is -0.478 e. The van der Waals surface area contributed by atoms with Crippen LogP contribution in [-0.4, -0.2) is 17.6 Å². The average molecular weight is 231 g/mol. The van der Waals surface area contributed by atoms with Crippen LogP contribution in [0.3, 0.4) is 0 Å². The fraction of sp³-hybridized carbons (Fsp3) is 0.100. The number of anilines is 1. The summed E-state index contributed by atoms with van der Waals surface area (Å²) < 4.78 is 38.5. The first-order valence-electron chi connectivity index (χ1n) is 4.28. The molecule has 1 aromatic rings. The third kappa shape index (κ3) is 3.30. The van der Waals surface area contributed by atoms with Crippen LogP contribution in [0, 0.1) is 17.5 Å². The summed E-state index contributed by atoms with van der Waals surface area (Å²) in [4.78, 5) is 10.1. The van der Waals surface area contributed by atoms with Crippen molar-refractivity contribution in [3.63, 3.8) is 0 Å². The van der Waals surface area contributed by atoms with E-state index in [0.717, 1.165) is 6.08 Å². The van der Waals surface area contributed by atoms with Gasteiger partial charge in [-0.15, -0.1) is 0 Å². The predicted octanol–water partition coefficient (Wildman–Crippen LogP) is 2.16. The molecule has 0 heterocycles. The minimum atomic E-state index is -1.16. The Morgan fingerprint density at radius 3 is 2.38 bits per heavy atom. The van der Waals surface area contributed by atoms with Gasteiger partial charge in [0.1, 0.15) is 11.5 Å². The maximum absolute atomic E-state index is 13.0. The van der Waals surface area contributed by atoms with Gasteiger partial charge in [-0.05, 0) is 0 Å². The van der Waals surface area contributed by atoms with Crippen molar-refractivity contribution in [2.45, 2.75) is 0 Å². The summed E-state index contributed by atoms with van der Waals surface area (Å²) in [5.41, 5.74) is -0.489.